The Morgan fingerprint density at radius 1 is 0.700 bits per heavy atom. The lowest BCUT2D eigenvalue weighted by atomic mass is 10.0. The van der Waals surface area contributed by atoms with Crippen molar-refractivity contribution in [3.05, 3.63) is 48.6 Å². The average molecular weight is 436 g/mol. The summed E-state index contributed by atoms with van der Waals surface area (Å²) in [5, 5.41) is 0. The fraction of sp³-hybridized carbons (Fsp3) is 0.714. The van der Waals surface area contributed by atoms with Gasteiger partial charge in [0, 0.05) is 6.42 Å². The molecule has 0 aliphatic carbocycles. The molecule has 0 amide bonds. The average Bonchev–Trinajstić information content (AvgIpc) is 2.73. The van der Waals surface area contributed by atoms with E-state index in [1.165, 1.54) is 115 Å². The summed E-state index contributed by atoms with van der Waals surface area (Å²) in [6, 6.07) is 10.9. The Hall–Kier alpha value is -0.790. The van der Waals surface area contributed by atoms with Gasteiger partial charge >= 0.3 is 0 Å². The van der Waals surface area contributed by atoms with E-state index in [9.17, 15) is 0 Å². The first-order valence-electron chi connectivity index (χ1n) is 12.7. The molecular formula is C28H50ClN. The largest absolute Gasteiger partial charge is 1.00 e. The number of benzene rings is 1. The van der Waals surface area contributed by atoms with E-state index in [-0.39, 0.29) is 12.4 Å². The lowest BCUT2D eigenvalue weighted by molar-refractivity contribution is -0.904. The minimum absolute atomic E-state index is 0. The molecule has 0 bridgehead atoms. The van der Waals surface area contributed by atoms with Gasteiger partial charge in [-0.1, -0.05) is 121 Å². The Labute approximate surface area is 195 Å². The van der Waals surface area contributed by atoms with Crippen molar-refractivity contribution in [2.75, 3.05) is 26.7 Å². The summed E-state index contributed by atoms with van der Waals surface area (Å²) in [7, 11) is 2.41. The molecule has 30 heavy (non-hydrogen) atoms. The maximum Gasteiger partial charge on any atom is 0.0969 e. The van der Waals surface area contributed by atoms with Crippen LogP contribution in [0.5, 0.6) is 0 Å². The second-order valence-electron chi connectivity index (χ2n) is 9.37. The standard InChI is InChI=1S/C28H50N.ClH/c1-4-6-7-8-9-10-11-12-13-14-15-16-17-21-26-29(3,25-5-2)27-24-28-22-19-18-20-23-28;/h5,18-20,22-23H,2,4,6-17,21,24-27H2,1,3H3;1H/q+1;/p-1. The lowest BCUT2D eigenvalue weighted by Gasteiger charge is -2.34. The number of likely N-dealkylation sites (N-methyl/N-ethyl adjacent to an activating group) is 1. The van der Waals surface area contributed by atoms with Gasteiger partial charge in [-0.05, 0) is 24.5 Å². The smallest absolute Gasteiger partial charge is 0.0969 e. The van der Waals surface area contributed by atoms with Crippen LogP contribution in [0.1, 0.15) is 102 Å². The second-order valence-corrected chi connectivity index (χ2v) is 9.37. The van der Waals surface area contributed by atoms with E-state index in [0.29, 0.717) is 0 Å². The van der Waals surface area contributed by atoms with E-state index >= 15 is 0 Å². The molecular weight excluding hydrogens is 386 g/mol. The van der Waals surface area contributed by atoms with Crippen LogP contribution in [0.15, 0.2) is 43.0 Å². The summed E-state index contributed by atoms with van der Waals surface area (Å²) in [5.41, 5.74) is 1.46. The van der Waals surface area contributed by atoms with Crippen LogP contribution in [-0.2, 0) is 6.42 Å². The molecule has 0 aromatic heterocycles. The highest BCUT2D eigenvalue weighted by molar-refractivity contribution is 5.14. The maximum absolute atomic E-state index is 4.00. The fourth-order valence-corrected chi connectivity index (χ4v) is 4.34. The third kappa shape index (κ3) is 16.0. The van der Waals surface area contributed by atoms with Crippen LogP contribution in [0, 0.1) is 0 Å². The van der Waals surface area contributed by atoms with E-state index in [4.69, 9.17) is 0 Å². The molecule has 0 radical (unpaired) electrons. The van der Waals surface area contributed by atoms with Crippen LogP contribution in [0.2, 0.25) is 0 Å². The molecule has 0 saturated heterocycles. The SMILES string of the molecule is C=CC[N+](C)(CCCCCCCCCCCCCCCC)CCc1ccccc1.[Cl-]. The van der Waals surface area contributed by atoms with Gasteiger partial charge in [0.25, 0.3) is 0 Å². The Bertz CT molecular complexity index is 487. The summed E-state index contributed by atoms with van der Waals surface area (Å²) in [5.74, 6) is 0. The van der Waals surface area contributed by atoms with E-state index in [0.717, 1.165) is 11.0 Å². The first-order valence-corrected chi connectivity index (χ1v) is 12.7. The van der Waals surface area contributed by atoms with E-state index in [1.54, 1.807) is 0 Å². The van der Waals surface area contributed by atoms with E-state index < -0.39 is 0 Å². The molecule has 1 aromatic rings. The first-order chi connectivity index (χ1) is 14.2. The molecule has 1 rings (SSSR count). The van der Waals surface area contributed by atoms with E-state index in [2.05, 4.69) is 57.0 Å². The number of nitrogens with zero attached hydrogens (tertiary/aromatic N) is 1. The molecule has 0 aliphatic rings. The minimum Gasteiger partial charge on any atom is -1.00 e. The van der Waals surface area contributed by atoms with Gasteiger partial charge in [-0.2, -0.15) is 0 Å². The van der Waals surface area contributed by atoms with Gasteiger partial charge in [0.1, 0.15) is 0 Å². The summed E-state index contributed by atoms with van der Waals surface area (Å²) in [6.07, 6.45) is 23.3. The highest BCUT2D eigenvalue weighted by Crippen LogP contribution is 2.15. The third-order valence-corrected chi connectivity index (χ3v) is 6.40. The van der Waals surface area contributed by atoms with Gasteiger partial charge in [0.05, 0.1) is 26.7 Å². The first kappa shape index (κ1) is 29.2. The van der Waals surface area contributed by atoms with Crippen LogP contribution in [0.25, 0.3) is 0 Å². The number of hydrogen-bond acceptors (Lipinski definition) is 0. The van der Waals surface area contributed by atoms with Crippen molar-refractivity contribution in [1.82, 2.24) is 0 Å². The van der Waals surface area contributed by atoms with Crippen molar-refractivity contribution >= 4 is 0 Å². The Morgan fingerprint density at radius 2 is 1.17 bits per heavy atom. The van der Waals surface area contributed by atoms with Crippen LogP contribution >= 0.6 is 0 Å². The zero-order chi connectivity index (χ0) is 21.0. The Balaban J connectivity index is 0.00000841. The van der Waals surface area contributed by atoms with Gasteiger partial charge in [0.2, 0.25) is 0 Å². The van der Waals surface area contributed by atoms with Crippen molar-refractivity contribution in [3.63, 3.8) is 0 Å². The molecule has 1 atom stereocenters. The van der Waals surface area contributed by atoms with Crippen molar-refractivity contribution in [2.24, 2.45) is 0 Å². The zero-order valence-electron chi connectivity index (χ0n) is 20.2. The van der Waals surface area contributed by atoms with Crippen LogP contribution in [-0.4, -0.2) is 31.2 Å². The van der Waals surface area contributed by atoms with Crippen LogP contribution < -0.4 is 12.4 Å². The predicted octanol–water partition coefficient (Wildman–Crippen LogP) is 5.35. The molecule has 2 heteroatoms. The molecule has 1 nitrogen and oxygen atoms in total. The van der Waals surface area contributed by atoms with Gasteiger partial charge < -0.3 is 16.9 Å². The molecule has 0 aliphatic heterocycles. The van der Waals surface area contributed by atoms with Crippen molar-refractivity contribution in [2.45, 2.75) is 103 Å². The quantitative estimate of drug-likeness (QED) is 0.147. The second kappa shape index (κ2) is 20.1. The molecule has 0 fully saturated rings. The molecule has 0 heterocycles. The fourth-order valence-electron chi connectivity index (χ4n) is 4.34. The van der Waals surface area contributed by atoms with Gasteiger partial charge in [-0.25, -0.2) is 0 Å². The summed E-state index contributed by atoms with van der Waals surface area (Å²) >= 11 is 0. The van der Waals surface area contributed by atoms with Crippen molar-refractivity contribution < 1.29 is 16.9 Å². The van der Waals surface area contributed by atoms with E-state index in [1.807, 2.05) is 0 Å². The minimum atomic E-state index is 0. The topological polar surface area (TPSA) is 0 Å². The van der Waals surface area contributed by atoms with Crippen molar-refractivity contribution in [1.29, 1.82) is 0 Å². The lowest BCUT2D eigenvalue weighted by Crippen LogP contribution is -3.00. The monoisotopic (exact) mass is 435 g/mol. The highest BCUT2D eigenvalue weighted by atomic mass is 35.5. The molecule has 1 unspecified atom stereocenters. The summed E-state index contributed by atoms with van der Waals surface area (Å²) in [6.45, 7) is 9.89. The van der Waals surface area contributed by atoms with Gasteiger partial charge in [-0.3, -0.25) is 0 Å². The number of unbranched alkanes of at least 4 members (excludes halogenated alkanes) is 13. The van der Waals surface area contributed by atoms with Gasteiger partial charge in [0.15, 0.2) is 0 Å². The molecule has 0 spiro atoms. The number of hydrogen-bond donors (Lipinski definition) is 0. The molecule has 0 N–H and O–H groups in total. The number of halogens is 1. The highest BCUT2D eigenvalue weighted by Gasteiger charge is 2.19. The maximum atomic E-state index is 4.00. The van der Waals surface area contributed by atoms with Crippen LogP contribution in [0.3, 0.4) is 0 Å². The number of rotatable bonds is 20. The summed E-state index contributed by atoms with van der Waals surface area (Å²) in [4.78, 5) is 0. The van der Waals surface area contributed by atoms with Crippen LogP contribution in [0.4, 0.5) is 0 Å². The number of quaternary nitrogens is 1. The molecule has 0 saturated carbocycles. The third-order valence-electron chi connectivity index (χ3n) is 6.40. The summed E-state index contributed by atoms with van der Waals surface area (Å²) < 4.78 is 1.14. The van der Waals surface area contributed by atoms with Crippen molar-refractivity contribution in [3.8, 4) is 0 Å². The zero-order valence-corrected chi connectivity index (χ0v) is 21.0. The Kier molecular flexibility index (Phi) is 19.6. The predicted molar refractivity (Wildman–Crippen MR) is 131 cm³/mol. The Morgan fingerprint density at radius 3 is 1.63 bits per heavy atom. The van der Waals surface area contributed by atoms with Gasteiger partial charge in [-0.15, -0.1) is 0 Å². The normalized spacial score (nSPS) is 12.9. The molecule has 1 aromatic carbocycles. The molecule has 174 valence electrons.